The van der Waals surface area contributed by atoms with Crippen LogP contribution in [0.15, 0.2) is 12.2 Å². The fourth-order valence-corrected chi connectivity index (χ4v) is 3.48. The minimum absolute atomic E-state index is 0.0503. The quantitative estimate of drug-likeness (QED) is 0.240. The van der Waals surface area contributed by atoms with E-state index >= 15 is 0 Å². The molecule has 1 N–H and O–H groups in total. The number of ether oxygens (including phenoxy) is 2. The molecule has 0 saturated heterocycles. The molecule has 3 aliphatic carbocycles. The van der Waals surface area contributed by atoms with Crippen molar-refractivity contribution in [2.45, 2.75) is 40.0 Å². The molecule has 0 aromatic carbocycles. The summed E-state index contributed by atoms with van der Waals surface area (Å²) in [5.41, 5.74) is -0.527. The molecule has 6 nitrogen and oxygen atoms in total. The van der Waals surface area contributed by atoms with Crippen molar-refractivity contribution in [1.29, 1.82) is 0 Å². The molecule has 6 heteroatoms. The summed E-state index contributed by atoms with van der Waals surface area (Å²) in [5, 5.41) is 8.79. The lowest BCUT2D eigenvalue weighted by Gasteiger charge is -2.42. The first-order valence-electron chi connectivity index (χ1n) is 8.69. The second kappa shape index (κ2) is 8.12. The second-order valence-corrected chi connectivity index (χ2v) is 7.32. The van der Waals surface area contributed by atoms with Crippen LogP contribution in [-0.2, 0) is 24.0 Å². The number of esters is 2. The Balaban J connectivity index is 1.82. The molecule has 4 atom stereocenters. The van der Waals surface area contributed by atoms with Gasteiger partial charge < -0.3 is 9.47 Å². The molecule has 0 amide bonds. The van der Waals surface area contributed by atoms with Gasteiger partial charge in [0.2, 0.25) is 0 Å². The molecule has 24 heavy (non-hydrogen) atoms. The predicted octanol–water partition coefficient (Wildman–Crippen LogP) is 2.83. The highest BCUT2D eigenvalue weighted by atomic mass is 17.1. The molecule has 0 aromatic heterocycles. The average molecular weight is 340 g/mol. The van der Waals surface area contributed by atoms with Crippen LogP contribution >= 0.6 is 0 Å². The monoisotopic (exact) mass is 340 g/mol. The van der Waals surface area contributed by atoms with Gasteiger partial charge in [-0.1, -0.05) is 19.1 Å². The normalized spacial score (nSPS) is 28.7. The van der Waals surface area contributed by atoms with Crippen LogP contribution in [0.1, 0.15) is 40.0 Å². The van der Waals surface area contributed by atoms with Crippen molar-refractivity contribution in [2.75, 3.05) is 19.8 Å². The van der Waals surface area contributed by atoms with E-state index in [9.17, 15) is 9.59 Å². The van der Waals surface area contributed by atoms with Crippen LogP contribution in [-0.4, -0.2) is 37.0 Å². The zero-order valence-corrected chi connectivity index (χ0v) is 14.7. The van der Waals surface area contributed by atoms with Crippen LogP contribution in [0, 0.1) is 29.1 Å². The molecule has 136 valence electrons. The van der Waals surface area contributed by atoms with Crippen molar-refractivity contribution in [2.24, 2.45) is 29.1 Å². The molecule has 0 aromatic rings. The molecule has 4 unspecified atom stereocenters. The number of hydrogen-bond acceptors (Lipinski definition) is 6. The highest BCUT2D eigenvalue weighted by molar-refractivity contribution is 5.76. The Bertz CT molecular complexity index is 484. The molecular formula is C18H28O6. The minimum atomic E-state index is -0.527. The third-order valence-corrected chi connectivity index (χ3v) is 5.45. The number of carbonyl (C=O) groups is 2. The number of rotatable bonds is 8. The van der Waals surface area contributed by atoms with Crippen molar-refractivity contribution < 1.29 is 29.2 Å². The van der Waals surface area contributed by atoms with E-state index in [1.165, 1.54) is 0 Å². The molecule has 0 spiro atoms. The van der Waals surface area contributed by atoms with Crippen LogP contribution in [0.4, 0.5) is 0 Å². The zero-order valence-electron chi connectivity index (χ0n) is 14.7. The van der Waals surface area contributed by atoms with Gasteiger partial charge in [0.25, 0.3) is 0 Å². The second-order valence-electron chi connectivity index (χ2n) is 7.32. The van der Waals surface area contributed by atoms with E-state index in [0.717, 1.165) is 12.8 Å². The van der Waals surface area contributed by atoms with E-state index in [-0.39, 0.29) is 55.4 Å². The van der Waals surface area contributed by atoms with Gasteiger partial charge >= 0.3 is 11.9 Å². The third-order valence-electron chi connectivity index (χ3n) is 5.45. The van der Waals surface area contributed by atoms with Gasteiger partial charge in [0.05, 0.1) is 17.9 Å². The highest BCUT2D eigenvalue weighted by Crippen LogP contribution is 2.45. The molecule has 3 rings (SSSR count). The molecular weight excluding hydrogens is 312 g/mol. The Labute approximate surface area is 143 Å². The first kappa shape index (κ1) is 18.9. The van der Waals surface area contributed by atoms with Crippen LogP contribution in [0.5, 0.6) is 0 Å². The van der Waals surface area contributed by atoms with Crippen LogP contribution in [0.3, 0.4) is 0 Å². The first-order chi connectivity index (χ1) is 11.4. The fraction of sp³-hybridized carbons (Fsp3) is 0.778. The number of hydrogen-bond donors (Lipinski definition) is 1. The zero-order chi connectivity index (χ0) is 17.7. The van der Waals surface area contributed by atoms with E-state index in [1.807, 2.05) is 20.8 Å². The molecule has 1 fully saturated rings. The standard InChI is InChI=1S/C18H28O6/c1-4-18(2,3)17(20)23-10-9-22-16(19)15-13-7-5-12(6-8-13)14(15)11-24-21/h5,7,12-15,21H,4,6,8-11H2,1-3H3. The molecule has 0 radical (unpaired) electrons. The first-order valence-corrected chi connectivity index (χ1v) is 8.69. The average Bonchev–Trinajstić information content (AvgIpc) is 2.59. The van der Waals surface area contributed by atoms with Crippen molar-refractivity contribution >= 4 is 11.9 Å². The summed E-state index contributed by atoms with van der Waals surface area (Å²) in [5.74, 6) is -0.585. The van der Waals surface area contributed by atoms with Gasteiger partial charge in [0.15, 0.2) is 0 Å². The summed E-state index contributed by atoms with van der Waals surface area (Å²) in [6.45, 7) is 5.82. The van der Waals surface area contributed by atoms with E-state index in [2.05, 4.69) is 17.0 Å². The topological polar surface area (TPSA) is 82.1 Å². The number of carbonyl (C=O) groups excluding carboxylic acids is 2. The molecule has 0 heterocycles. The fourth-order valence-electron chi connectivity index (χ4n) is 3.48. The lowest BCUT2D eigenvalue weighted by molar-refractivity contribution is -0.259. The maximum atomic E-state index is 12.4. The largest absolute Gasteiger partial charge is 0.462 e. The van der Waals surface area contributed by atoms with Gasteiger partial charge in [0, 0.05) is 5.92 Å². The Hall–Kier alpha value is -1.40. The summed E-state index contributed by atoms with van der Waals surface area (Å²) in [6, 6.07) is 0. The Morgan fingerprint density at radius 1 is 1.12 bits per heavy atom. The Morgan fingerprint density at radius 2 is 1.75 bits per heavy atom. The Morgan fingerprint density at radius 3 is 2.33 bits per heavy atom. The van der Waals surface area contributed by atoms with Gasteiger partial charge in [0.1, 0.15) is 13.2 Å². The maximum Gasteiger partial charge on any atom is 0.311 e. The van der Waals surface area contributed by atoms with Gasteiger partial charge in [-0.15, -0.1) is 0 Å². The van der Waals surface area contributed by atoms with Crippen LogP contribution < -0.4 is 0 Å². The van der Waals surface area contributed by atoms with E-state index in [0.29, 0.717) is 6.42 Å². The highest BCUT2D eigenvalue weighted by Gasteiger charge is 2.45. The van der Waals surface area contributed by atoms with Crippen molar-refractivity contribution in [1.82, 2.24) is 0 Å². The summed E-state index contributed by atoms with van der Waals surface area (Å²) < 4.78 is 10.5. The van der Waals surface area contributed by atoms with Gasteiger partial charge in [-0.25, -0.2) is 4.89 Å². The smallest absolute Gasteiger partial charge is 0.311 e. The number of allylic oxidation sites excluding steroid dienone is 2. The Kier molecular flexibility index (Phi) is 6.40. The van der Waals surface area contributed by atoms with Gasteiger partial charge in [-0.3, -0.25) is 14.8 Å². The number of fused-ring (bicyclic) bond motifs is 2. The van der Waals surface area contributed by atoms with Crippen molar-refractivity contribution in [3.63, 3.8) is 0 Å². The molecule has 2 bridgehead atoms. The van der Waals surface area contributed by atoms with E-state index in [1.54, 1.807) is 0 Å². The van der Waals surface area contributed by atoms with Gasteiger partial charge in [-0.2, -0.15) is 0 Å². The summed E-state index contributed by atoms with van der Waals surface area (Å²) in [7, 11) is 0. The lowest BCUT2D eigenvalue weighted by Crippen LogP contribution is -2.44. The molecule has 1 saturated carbocycles. The molecule has 3 aliphatic rings. The summed E-state index contributed by atoms with van der Waals surface area (Å²) in [6.07, 6.45) is 6.81. The SMILES string of the molecule is CCC(C)(C)C(=O)OCCOC(=O)C1C2C=CC(CC2)C1COO. The summed E-state index contributed by atoms with van der Waals surface area (Å²) >= 11 is 0. The van der Waals surface area contributed by atoms with Crippen LogP contribution in [0.25, 0.3) is 0 Å². The third kappa shape index (κ3) is 4.16. The van der Waals surface area contributed by atoms with E-state index < -0.39 is 5.41 Å². The van der Waals surface area contributed by atoms with Crippen molar-refractivity contribution in [3.05, 3.63) is 12.2 Å². The maximum absolute atomic E-state index is 12.4. The van der Waals surface area contributed by atoms with Crippen molar-refractivity contribution in [3.8, 4) is 0 Å². The van der Waals surface area contributed by atoms with E-state index in [4.69, 9.17) is 14.7 Å². The predicted molar refractivity (Wildman–Crippen MR) is 86.9 cm³/mol. The van der Waals surface area contributed by atoms with Gasteiger partial charge in [-0.05, 0) is 44.9 Å². The minimum Gasteiger partial charge on any atom is -0.462 e. The van der Waals surface area contributed by atoms with Crippen LogP contribution in [0.2, 0.25) is 0 Å². The summed E-state index contributed by atoms with van der Waals surface area (Å²) in [4.78, 5) is 28.6. The lowest BCUT2D eigenvalue weighted by atomic mass is 9.62. The molecule has 0 aliphatic heterocycles.